The number of carboxylic acids is 2. The highest BCUT2D eigenvalue weighted by molar-refractivity contribution is 7.82. The van der Waals surface area contributed by atoms with Gasteiger partial charge >= 0.3 is 11.9 Å². The molecule has 34 heavy (non-hydrogen) atoms. The molecule has 0 spiro atoms. The standard InChI is InChI=1S/C24H29N3O6S/c25-18(23(32)33)11-12-19(28)27-21(22(31)26-15-20(29)30)24(34,13-16-7-3-1-4-8-16)14-17-9-5-2-6-10-17/h1-10,18,21,34H,11-15,25H2,(H,26,31)(H,27,28)(H,29,30)(H,32,33). The van der Waals surface area contributed by atoms with Gasteiger partial charge in [-0.05, 0) is 30.4 Å². The maximum atomic E-state index is 13.1. The van der Waals surface area contributed by atoms with Gasteiger partial charge in [-0.15, -0.1) is 0 Å². The summed E-state index contributed by atoms with van der Waals surface area (Å²) in [4.78, 5) is 47.8. The Morgan fingerprint density at radius 1 is 0.912 bits per heavy atom. The van der Waals surface area contributed by atoms with Crippen molar-refractivity contribution in [2.45, 2.75) is 42.5 Å². The summed E-state index contributed by atoms with van der Waals surface area (Å²) in [5, 5.41) is 22.9. The van der Waals surface area contributed by atoms with Crippen molar-refractivity contribution in [2.24, 2.45) is 5.73 Å². The fourth-order valence-electron chi connectivity index (χ4n) is 3.52. The summed E-state index contributed by atoms with van der Waals surface area (Å²) >= 11 is 4.89. The van der Waals surface area contributed by atoms with Gasteiger partial charge in [-0.1, -0.05) is 60.7 Å². The zero-order chi connectivity index (χ0) is 25.1. The van der Waals surface area contributed by atoms with E-state index in [9.17, 15) is 19.2 Å². The summed E-state index contributed by atoms with van der Waals surface area (Å²) in [7, 11) is 0. The van der Waals surface area contributed by atoms with Crippen LogP contribution in [0.2, 0.25) is 0 Å². The zero-order valence-electron chi connectivity index (χ0n) is 18.5. The third-order valence-corrected chi connectivity index (χ3v) is 5.80. The number of thiol groups is 1. The minimum absolute atomic E-state index is 0.123. The number of hydrogen-bond donors (Lipinski definition) is 6. The average molecular weight is 488 g/mol. The molecule has 10 heteroatoms. The molecule has 2 unspecified atom stereocenters. The molecule has 0 fully saturated rings. The number of rotatable bonds is 13. The third kappa shape index (κ3) is 8.53. The van der Waals surface area contributed by atoms with Crippen molar-refractivity contribution in [2.75, 3.05) is 6.54 Å². The number of amides is 2. The van der Waals surface area contributed by atoms with Crippen molar-refractivity contribution in [1.29, 1.82) is 0 Å². The van der Waals surface area contributed by atoms with Crippen LogP contribution >= 0.6 is 12.6 Å². The number of carbonyl (C=O) groups excluding carboxylic acids is 2. The predicted molar refractivity (Wildman–Crippen MR) is 129 cm³/mol. The van der Waals surface area contributed by atoms with Crippen molar-refractivity contribution < 1.29 is 29.4 Å². The molecule has 9 nitrogen and oxygen atoms in total. The van der Waals surface area contributed by atoms with Crippen LogP contribution in [0.15, 0.2) is 60.7 Å². The lowest BCUT2D eigenvalue weighted by atomic mass is 9.84. The van der Waals surface area contributed by atoms with E-state index in [4.69, 9.17) is 28.6 Å². The molecule has 0 bridgehead atoms. The molecular weight excluding hydrogens is 458 g/mol. The van der Waals surface area contributed by atoms with Gasteiger partial charge in [0.05, 0.1) is 4.75 Å². The molecule has 0 aliphatic heterocycles. The fraction of sp³-hybridized carbons (Fsp3) is 0.333. The van der Waals surface area contributed by atoms with Gasteiger partial charge in [-0.25, -0.2) is 0 Å². The van der Waals surface area contributed by atoms with Crippen LogP contribution in [0.5, 0.6) is 0 Å². The molecule has 2 aromatic carbocycles. The highest BCUT2D eigenvalue weighted by atomic mass is 32.1. The Balaban J connectivity index is 2.37. The normalized spacial score (nSPS) is 12.9. The molecule has 2 amide bonds. The van der Waals surface area contributed by atoms with Crippen LogP contribution in [0.25, 0.3) is 0 Å². The SMILES string of the molecule is NC(CCC(=O)NC(C(=O)NCC(=O)O)C(S)(Cc1ccccc1)Cc1ccccc1)C(=O)O. The van der Waals surface area contributed by atoms with Crippen molar-refractivity contribution in [1.82, 2.24) is 10.6 Å². The molecule has 0 aliphatic rings. The van der Waals surface area contributed by atoms with E-state index in [2.05, 4.69) is 10.6 Å². The van der Waals surface area contributed by atoms with E-state index in [-0.39, 0.29) is 25.7 Å². The smallest absolute Gasteiger partial charge is 0.322 e. The van der Waals surface area contributed by atoms with Gasteiger partial charge in [-0.2, -0.15) is 12.6 Å². The summed E-state index contributed by atoms with van der Waals surface area (Å²) in [5.74, 6) is -3.77. The summed E-state index contributed by atoms with van der Waals surface area (Å²) in [6.45, 7) is -0.629. The zero-order valence-corrected chi connectivity index (χ0v) is 19.4. The number of benzene rings is 2. The van der Waals surface area contributed by atoms with Gasteiger partial charge in [0.2, 0.25) is 11.8 Å². The van der Waals surface area contributed by atoms with Crippen LogP contribution < -0.4 is 16.4 Å². The van der Waals surface area contributed by atoms with Crippen LogP contribution in [-0.4, -0.2) is 57.3 Å². The Morgan fingerprint density at radius 2 is 1.41 bits per heavy atom. The third-order valence-electron chi connectivity index (χ3n) is 5.22. The lowest BCUT2D eigenvalue weighted by Crippen LogP contribution is -2.60. The molecular formula is C24H29N3O6S. The first kappa shape index (κ1) is 26.9. The number of nitrogens with one attached hydrogen (secondary N) is 2. The monoisotopic (exact) mass is 487 g/mol. The fourth-order valence-corrected chi connectivity index (χ4v) is 4.06. The molecule has 2 atom stereocenters. The molecule has 0 radical (unpaired) electrons. The van der Waals surface area contributed by atoms with Gasteiger partial charge in [0, 0.05) is 6.42 Å². The van der Waals surface area contributed by atoms with Crippen molar-refractivity contribution in [3.63, 3.8) is 0 Å². The summed E-state index contributed by atoms with van der Waals surface area (Å²) in [6, 6.07) is 16.1. The van der Waals surface area contributed by atoms with E-state index in [1.54, 1.807) is 0 Å². The van der Waals surface area contributed by atoms with E-state index in [0.29, 0.717) is 0 Å². The molecule has 182 valence electrons. The highest BCUT2D eigenvalue weighted by Gasteiger charge is 2.41. The second-order valence-corrected chi connectivity index (χ2v) is 8.91. The summed E-state index contributed by atoms with van der Waals surface area (Å²) in [6.07, 6.45) is 0.218. The molecule has 6 N–H and O–H groups in total. The topological polar surface area (TPSA) is 159 Å². The summed E-state index contributed by atoms with van der Waals surface area (Å²) < 4.78 is -1.14. The van der Waals surface area contributed by atoms with Crippen molar-refractivity contribution >= 4 is 36.4 Å². The molecule has 0 saturated heterocycles. The quantitative estimate of drug-likeness (QED) is 0.230. The lowest BCUT2D eigenvalue weighted by Gasteiger charge is -2.37. The van der Waals surface area contributed by atoms with E-state index < -0.39 is 47.1 Å². The van der Waals surface area contributed by atoms with E-state index in [1.165, 1.54) is 0 Å². The number of aliphatic carboxylic acids is 2. The van der Waals surface area contributed by atoms with Crippen LogP contribution in [0.1, 0.15) is 24.0 Å². The molecule has 2 aromatic rings. The Bertz CT molecular complexity index is 945. The van der Waals surface area contributed by atoms with Gasteiger partial charge in [0.15, 0.2) is 0 Å². The first-order valence-corrected chi connectivity index (χ1v) is 11.1. The lowest BCUT2D eigenvalue weighted by molar-refractivity contribution is -0.139. The Hall–Kier alpha value is -3.37. The molecule has 2 rings (SSSR count). The van der Waals surface area contributed by atoms with Gasteiger partial charge in [-0.3, -0.25) is 19.2 Å². The maximum absolute atomic E-state index is 13.1. The number of hydrogen-bond acceptors (Lipinski definition) is 6. The minimum atomic E-state index is -1.24. The van der Waals surface area contributed by atoms with Crippen molar-refractivity contribution in [3.8, 4) is 0 Å². The minimum Gasteiger partial charge on any atom is -0.480 e. The van der Waals surface area contributed by atoms with Gasteiger partial charge in [0.1, 0.15) is 18.6 Å². The van der Waals surface area contributed by atoms with E-state index in [1.807, 2.05) is 60.7 Å². The second kappa shape index (κ2) is 12.8. The predicted octanol–water partition coefficient (Wildman–Crippen LogP) is 1.02. The molecule has 0 aliphatic carbocycles. The first-order valence-electron chi connectivity index (χ1n) is 10.7. The van der Waals surface area contributed by atoms with Crippen LogP contribution in [0.4, 0.5) is 0 Å². The van der Waals surface area contributed by atoms with Gasteiger partial charge < -0.3 is 26.6 Å². The van der Waals surface area contributed by atoms with Crippen LogP contribution in [-0.2, 0) is 32.0 Å². The van der Waals surface area contributed by atoms with Gasteiger partial charge in [0.25, 0.3) is 0 Å². The Kier molecular flexibility index (Phi) is 10.1. The average Bonchev–Trinajstić information content (AvgIpc) is 2.80. The Labute approximate surface area is 203 Å². The number of carbonyl (C=O) groups is 4. The highest BCUT2D eigenvalue weighted by Crippen LogP contribution is 2.30. The van der Waals surface area contributed by atoms with Crippen molar-refractivity contribution in [3.05, 3.63) is 71.8 Å². The molecule has 0 heterocycles. The second-order valence-electron chi connectivity index (χ2n) is 8.02. The van der Waals surface area contributed by atoms with E-state index >= 15 is 0 Å². The summed E-state index contributed by atoms with van der Waals surface area (Å²) in [5.41, 5.74) is 7.22. The van der Waals surface area contributed by atoms with Crippen LogP contribution in [0.3, 0.4) is 0 Å². The number of nitrogens with two attached hydrogens (primary N) is 1. The van der Waals surface area contributed by atoms with Crippen LogP contribution in [0, 0.1) is 0 Å². The number of carboxylic acid groups (broad SMARTS) is 2. The maximum Gasteiger partial charge on any atom is 0.322 e. The Morgan fingerprint density at radius 3 is 1.85 bits per heavy atom. The molecule has 0 saturated carbocycles. The van der Waals surface area contributed by atoms with E-state index in [0.717, 1.165) is 11.1 Å². The molecule has 0 aromatic heterocycles. The first-order chi connectivity index (χ1) is 16.1. The largest absolute Gasteiger partial charge is 0.480 e.